The van der Waals surface area contributed by atoms with E-state index in [-0.39, 0.29) is 22.1 Å². The Morgan fingerprint density at radius 1 is 0.973 bits per heavy atom. The molecule has 11 heteroatoms. The van der Waals surface area contributed by atoms with Gasteiger partial charge in [-0.15, -0.1) is 0 Å². The fraction of sp³-hybridized carbons (Fsp3) is 0.500. The molecule has 1 amide bonds. The molecule has 0 atom stereocenters. The molecule has 1 N–H and O–H groups in total. The molecule has 37 heavy (non-hydrogen) atoms. The molecular weight excluding hydrogens is 520 g/mol. The summed E-state index contributed by atoms with van der Waals surface area (Å²) in [5.74, 6) is 0.399. The predicted octanol–water partition coefficient (Wildman–Crippen LogP) is 4.42. The minimum absolute atomic E-state index is 0.0825. The number of nitrogens with one attached hydrogen (secondary N) is 1. The van der Waals surface area contributed by atoms with Crippen molar-refractivity contribution in [2.45, 2.75) is 49.5 Å². The summed E-state index contributed by atoms with van der Waals surface area (Å²) < 4.78 is 50.4. The lowest BCUT2D eigenvalue weighted by molar-refractivity contribution is -0.119. The molecule has 1 aliphatic carbocycles. The molecule has 0 unspecified atom stereocenters. The number of amides is 1. The van der Waals surface area contributed by atoms with Gasteiger partial charge in [-0.05, 0) is 49.6 Å². The first-order chi connectivity index (χ1) is 17.8. The number of methoxy groups -OCH3 is 3. The highest BCUT2D eigenvalue weighted by Crippen LogP contribution is 2.37. The molecule has 0 spiro atoms. The van der Waals surface area contributed by atoms with Crippen LogP contribution in [0, 0.1) is 0 Å². The molecule has 0 aromatic heterocycles. The van der Waals surface area contributed by atoms with Crippen LogP contribution in [-0.2, 0) is 19.6 Å². The van der Waals surface area contributed by atoms with Gasteiger partial charge >= 0.3 is 0 Å². The lowest BCUT2D eigenvalue weighted by Gasteiger charge is -2.26. The number of anilines is 1. The second kappa shape index (κ2) is 13.7. The maximum atomic E-state index is 13.8. The highest BCUT2D eigenvalue weighted by molar-refractivity contribution is 7.92. The van der Waals surface area contributed by atoms with Crippen molar-refractivity contribution in [1.82, 2.24) is 5.32 Å². The standard InChI is InChI=1S/C26H35ClN2O7S/c1-33-23-12-10-19(27)16-22(23)29(37(31,32)21-11-13-24(34-2)25(17-21)35-3)18-26(30)28-14-7-15-36-20-8-5-4-6-9-20/h10-13,16-17,20H,4-9,14-15,18H2,1-3H3,(H,28,30). The lowest BCUT2D eigenvalue weighted by atomic mass is 9.98. The first kappa shape index (κ1) is 28.9. The minimum atomic E-state index is -4.23. The number of sulfonamides is 1. The average molecular weight is 555 g/mol. The van der Waals surface area contributed by atoms with Crippen LogP contribution in [0.25, 0.3) is 0 Å². The van der Waals surface area contributed by atoms with E-state index in [0.717, 1.165) is 17.1 Å². The van der Waals surface area contributed by atoms with Crippen LogP contribution >= 0.6 is 11.6 Å². The zero-order valence-electron chi connectivity index (χ0n) is 21.5. The number of nitrogens with zero attached hydrogens (tertiary/aromatic N) is 1. The van der Waals surface area contributed by atoms with Gasteiger partial charge in [-0.1, -0.05) is 30.9 Å². The normalized spacial score (nSPS) is 14.2. The zero-order chi connectivity index (χ0) is 26.8. The van der Waals surface area contributed by atoms with E-state index in [9.17, 15) is 13.2 Å². The van der Waals surface area contributed by atoms with Gasteiger partial charge < -0.3 is 24.3 Å². The number of hydrogen-bond donors (Lipinski definition) is 1. The van der Waals surface area contributed by atoms with Crippen LogP contribution in [0.2, 0.25) is 5.02 Å². The number of hydrogen-bond acceptors (Lipinski definition) is 7. The van der Waals surface area contributed by atoms with Crippen molar-refractivity contribution in [1.29, 1.82) is 0 Å². The van der Waals surface area contributed by atoms with E-state index < -0.39 is 22.5 Å². The number of rotatable bonds is 13. The minimum Gasteiger partial charge on any atom is -0.495 e. The van der Waals surface area contributed by atoms with Gasteiger partial charge in [0.05, 0.1) is 38.0 Å². The van der Waals surface area contributed by atoms with Crippen LogP contribution in [0.4, 0.5) is 5.69 Å². The third-order valence-corrected chi connectivity index (χ3v) is 8.18. The van der Waals surface area contributed by atoms with Gasteiger partial charge in [0.2, 0.25) is 5.91 Å². The summed E-state index contributed by atoms with van der Waals surface area (Å²) in [7, 11) is 0.0569. The van der Waals surface area contributed by atoms with Crippen molar-refractivity contribution in [3.63, 3.8) is 0 Å². The second-order valence-corrected chi connectivity index (χ2v) is 11.0. The summed E-state index contributed by atoms with van der Waals surface area (Å²) in [5, 5.41) is 3.09. The molecule has 2 aromatic carbocycles. The molecular formula is C26H35ClN2O7S. The van der Waals surface area contributed by atoms with Gasteiger partial charge in [-0.3, -0.25) is 9.10 Å². The summed E-state index contributed by atoms with van der Waals surface area (Å²) in [5.41, 5.74) is 0.139. The molecule has 1 aliphatic rings. The van der Waals surface area contributed by atoms with Gasteiger partial charge in [0, 0.05) is 24.2 Å². The van der Waals surface area contributed by atoms with Crippen molar-refractivity contribution in [2.75, 3.05) is 45.3 Å². The molecule has 0 radical (unpaired) electrons. The Balaban J connectivity index is 1.78. The summed E-state index contributed by atoms with van der Waals surface area (Å²) in [6.07, 6.45) is 6.73. The topological polar surface area (TPSA) is 103 Å². The van der Waals surface area contributed by atoms with E-state index in [1.807, 2.05) is 0 Å². The molecule has 0 heterocycles. The lowest BCUT2D eigenvalue weighted by Crippen LogP contribution is -2.41. The second-order valence-electron chi connectivity index (χ2n) is 8.68. The first-order valence-corrected chi connectivity index (χ1v) is 14.1. The molecule has 0 bridgehead atoms. The molecule has 2 aromatic rings. The Labute approximate surface area is 224 Å². The van der Waals surface area contributed by atoms with E-state index in [1.165, 1.54) is 64.9 Å². The third-order valence-electron chi connectivity index (χ3n) is 6.19. The molecule has 204 valence electrons. The van der Waals surface area contributed by atoms with Crippen LogP contribution in [0.3, 0.4) is 0 Å². The van der Waals surface area contributed by atoms with E-state index in [0.29, 0.717) is 36.4 Å². The van der Waals surface area contributed by atoms with E-state index in [2.05, 4.69) is 5.32 Å². The fourth-order valence-corrected chi connectivity index (χ4v) is 5.84. The number of halogens is 1. The Bertz CT molecular complexity index is 1150. The van der Waals surface area contributed by atoms with Crippen LogP contribution < -0.4 is 23.8 Å². The maximum Gasteiger partial charge on any atom is 0.265 e. The largest absolute Gasteiger partial charge is 0.495 e. The third kappa shape index (κ3) is 7.66. The van der Waals surface area contributed by atoms with E-state index >= 15 is 0 Å². The highest BCUT2D eigenvalue weighted by atomic mass is 35.5. The summed E-state index contributed by atoms with van der Waals surface area (Å²) in [4.78, 5) is 12.8. The first-order valence-electron chi connectivity index (χ1n) is 12.3. The molecule has 3 rings (SSSR count). The van der Waals surface area contributed by atoms with Crippen molar-refractivity contribution in [3.05, 3.63) is 41.4 Å². The Hall–Kier alpha value is -2.69. The van der Waals surface area contributed by atoms with Gasteiger partial charge in [-0.2, -0.15) is 0 Å². The zero-order valence-corrected chi connectivity index (χ0v) is 23.1. The van der Waals surface area contributed by atoms with Crippen LogP contribution in [0.5, 0.6) is 17.2 Å². The molecule has 9 nitrogen and oxygen atoms in total. The van der Waals surface area contributed by atoms with E-state index in [1.54, 1.807) is 12.1 Å². The van der Waals surface area contributed by atoms with Gasteiger partial charge in [-0.25, -0.2) is 8.42 Å². The Morgan fingerprint density at radius 2 is 1.65 bits per heavy atom. The van der Waals surface area contributed by atoms with Crippen molar-refractivity contribution >= 4 is 33.2 Å². The van der Waals surface area contributed by atoms with Crippen molar-refractivity contribution < 1.29 is 32.2 Å². The van der Waals surface area contributed by atoms with E-state index in [4.69, 9.17) is 30.5 Å². The van der Waals surface area contributed by atoms with Gasteiger partial charge in [0.1, 0.15) is 12.3 Å². The maximum absolute atomic E-state index is 13.8. The molecule has 0 aliphatic heterocycles. The smallest absolute Gasteiger partial charge is 0.265 e. The summed E-state index contributed by atoms with van der Waals surface area (Å²) in [6.45, 7) is 0.431. The molecule has 0 saturated heterocycles. The summed E-state index contributed by atoms with van der Waals surface area (Å²) >= 11 is 6.19. The van der Waals surface area contributed by atoms with Crippen LogP contribution in [-0.4, -0.2) is 61.5 Å². The SMILES string of the molecule is COc1ccc(S(=O)(=O)N(CC(=O)NCCCOC2CCCCC2)c2cc(Cl)ccc2OC)cc1OC. The van der Waals surface area contributed by atoms with Crippen molar-refractivity contribution in [3.8, 4) is 17.2 Å². The number of ether oxygens (including phenoxy) is 4. The molecule has 1 saturated carbocycles. The van der Waals surface area contributed by atoms with Crippen LogP contribution in [0.1, 0.15) is 38.5 Å². The van der Waals surface area contributed by atoms with Gasteiger partial charge in [0.15, 0.2) is 11.5 Å². The predicted molar refractivity (Wildman–Crippen MR) is 143 cm³/mol. The average Bonchev–Trinajstić information content (AvgIpc) is 2.91. The number of benzene rings is 2. The highest BCUT2D eigenvalue weighted by Gasteiger charge is 2.30. The number of carbonyl (C=O) groups is 1. The molecule has 1 fully saturated rings. The summed E-state index contributed by atoms with van der Waals surface area (Å²) in [6, 6.07) is 8.81. The van der Waals surface area contributed by atoms with Crippen molar-refractivity contribution in [2.24, 2.45) is 0 Å². The van der Waals surface area contributed by atoms with Crippen LogP contribution in [0.15, 0.2) is 41.3 Å². The quantitative estimate of drug-likeness (QED) is 0.366. The fourth-order valence-electron chi connectivity index (χ4n) is 4.23. The Kier molecular flexibility index (Phi) is 10.7. The Morgan fingerprint density at radius 3 is 2.32 bits per heavy atom. The van der Waals surface area contributed by atoms with Gasteiger partial charge in [0.25, 0.3) is 10.0 Å². The monoisotopic (exact) mass is 554 g/mol. The number of carbonyl (C=O) groups excluding carboxylic acids is 1.